The molecule has 1 heterocycles. The summed E-state index contributed by atoms with van der Waals surface area (Å²) in [5.41, 5.74) is 1.09. The number of rotatable bonds is 6. The minimum Gasteiger partial charge on any atom is -0.467 e. The van der Waals surface area contributed by atoms with Crippen LogP contribution in [-0.4, -0.2) is 23.9 Å². The molecule has 0 aliphatic heterocycles. The lowest BCUT2D eigenvalue weighted by Gasteiger charge is -2.32. The number of ether oxygens (including phenoxy) is 1. The molecule has 138 valence electrons. The summed E-state index contributed by atoms with van der Waals surface area (Å²) >= 11 is 7.52. The fourth-order valence-corrected chi connectivity index (χ4v) is 3.85. The molecule has 0 saturated carbocycles. The van der Waals surface area contributed by atoms with Crippen LogP contribution in [0, 0.1) is 11.3 Å². The van der Waals surface area contributed by atoms with E-state index < -0.39 is 11.5 Å². The molecule has 0 fully saturated rings. The molecular weight excluding hydrogens is 382 g/mol. The van der Waals surface area contributed by atoms with E-state index in [1.807, 2.05) is 41.3 Å². The smallest absolute Gasteiger partial charge is 0.337 e. The van der Waals surface area contributed by atoms with E-state index in [1.54, 1.807) is 24.3 Å². The summed E-state index contributed by atoms with van der Waals surface area (Å²) in [6.07, 6.45) is 3.68. The van der Waals surface area contributed by atoms with Gasteiger partial charge in [-0.3, -0.25) is 0 Å². The SMILES string of the molecule is COC(=O)C(CC#N)(c1ccc(Cl)cc1)n1ccc2c(NSC)cccc21. The van der Waals surface area contributed by atoms with Crippen LogP contribution in [0.1, 0.15) is 12.0 Å². The molecule has 0 amide bonds. The van der Waals surface area contributed by atoms with Gasteiger partial charge in [0.25, 0.3) is 0 Å². The van der Waals surface area contributed by atoms with Crippen LogP contribution >= 0.6 is 23.5 Å². The number of halogens is 1. The standard InChI is InChI=1S/C20H18ClN3O2S/c1-26-19(25)20(11-12-22,14-6-8-15(21)9-7-14)24-13-10-16-17(23-27-2)4-3-5-18(16)24/h3-10,13,23H,11H2,1-2H3. The Morgan fingerprint density at radius 1 is 1.30 bits per heavy atom. The second-order valence-electron chi connectivity index (χ2n) is 5.92. The minimum absolute atomic E-state index is 0.0781. The van der Waals surface area contributed by atoms with Crippen molar-refractivity contribution < 1.29 is 9.53 Å². The zero-order chi connectivity index (χ0) is 19.4. The van der Waals surface area contributed by atoms with Crippen LogP contribution in [0.15, 0.2) is 54.7 Å². The lowest BCUT2D eigenvalue weighted by molar-refractivity contribution is -0.148. The summed E-state index contributed by atoms with van der Waals surface area (Å²) in [6.45, 7) is 0. The van der Waals surface area contributed by atoms with Gasteiger partial charge in [0.1, 0.15) is 0 Å². The van der Waals surface area contributed by atoms with Gasteiger partial charge < -0.3 is 14.0 Å². The van der Waals surface area contributed by atoms with Crippen LogP contribution in [0.4, 0.5) is 5.69 Å². The molecular formula is C20H18ClN3O2S. The number of anilines is 1. The number of methoxy groups -OCH3 is 1. The number of carbonyl (C=O) groups excluding carboxylic acids is 1. The Morgan fingerprint density at radius 3 is 2.67 bits per heavy atom. The summed E-state index contributed by atoms with van der Waals surface area (Å²) in [5, 5.41) is 11.1. The van der Waals surface area contributed by atoms with Crippen LogP contribution in [0.25, 0.3) is 10.9 Å². The zero-order valence-corrected chi connectivity index (χ0v) is 16.5. The molecule has 2 aromatic carbocycles. The Hall–Kier alpha value is -2.62. The average Bonchev–Trinajstić information content (AvgIpc) is 3.12. The normalized spacial score (nSPS) is 13.0. The summed E-state index contributed by atoms with van der Waals surface area (Å²) in [7, 11) is 1.33. The van der Waals surface area contributed by atoms with Crippen molar-refractivity contribution in [2.45, 2.75) is 12.0 Å². The van der Waals surface area contributed by atoms with Gasteiger partial charge in [-0.15, -0.1) is 0 Å². The van der Waals surface area contributed by atoms with E-state index >= 15 is 0 Å². The highest BCUT2D eigenvalue weighted by Gasteiger charge is 2.44. The first-order chi connectivity index (χ1) is 13.1. The van der Waals surface area contributed by atoms with Crippen LogP contribution < -0.4 is 4.72 Å². The molecule has 3 aromatic rings. The number of hydrogen-bond donors (Lipinski definition) is 1. The third-order valence-corrected chi connectivity index (χ3v) is 5.21. The van der Waals surface area contributed by atoms with Gasteiger partial charge in [-0.05, 0) is 35.9 Å². The average molecular weight is 400 g/mol. The molecule has 1 unspecified atom stereocenters. The quantitative estimate of drug-likeness (QED) is 0.475. The lowest BCUT2D eigenvalue weighted by atomic mass is 9.86. The first kappa shape index (κ1) is 19.2. The summed E-state index contributed by atoms with van der Waals surface area (Å²) in [5.74, 6) is -0.507. The largest absolute Gasteiger partial charge is 0.467 e. The predicted molar refractivity (Wildman–Crippen MR) is 110 cm³/mol. The molecule has 0 aliphatic carbocycles. The third-order valence-electron chi connectivity index (χ3n) is 4.54. The van der Waals surface area contributed by atoms with Gasteiger partial charge in [0.15, 0.2) is 5.54 Å². The zero-order valence-electron chi connectivity index (χ0n) is 14.9. The first-order valence-electron chi connectivity index (χ1n) is 8.19. The number of nitrogens with zero attached hydrogens (tertiary/aromatic N) is 2. The molecule has 1 aromatic heterocycles. The summed E-state index contributed by atoms with van der Waals surface area (Å²) in [6, 6.07) is 16.8. The van der Waals surface area contributed by atoms with Crippen molar-refractivity contribution in [3.8, 4) is 6.07 Å². The fraction of sp³-hybridized carbons (Fsp3) is 0.200. The van der Waals surface area contributed by atoms with Crippen LogP contribution in [0.5, 0.6) is 0 Å². The number of aromatic nitrogens is 1. The Morgan fingerprint density at radius 2 is 2.04 bits per heavy atom. The number of nitriles is 1. The predicted octanol–water partition coefficient (Wildman–Crippen LogP) is 4.81. The molecule has 5 nitrogen and oxygen atoms in total. The molecule has 0 radical (unpaired) electrons. The number of esters is 1. The number of nitrogens with one attached hydrogen (secondary N) is 1. The summed E-state index contributed by atoms with van der Waals surface area (Å²) in [4.78, 5) is 13.0. The number of carbonyl (C=O) groups is 1. The molecule has 1 N–H and O–H groups in total. The van der Waals surface area contributed by atoms with Crippen LogP contribution in [0.2, 0.25) is 5.02 Å². The second kappa shape index (κ2) is 7.95. The first-order valence-corrected chi connectivity index (χ1v) is 9.79. The van der Waals surface area contributed by atoms with Gasteiger partial charge >= 0.3 is 5.97 Å². The molecule has 0 aliphatic rings. The highest BCUT2D eigenvalue weighted by atomic mass is 35.5. The maximum Gasteiger partial charge on any atom is 0.337 e. The van der Waals surface area contributed by atoms with Crippen molar-refractivity contribution in [1.29, 1.82) is 5.26 Å². The number of benzene rings is 2. The maximum atomic E-state index is 13.0. The number of fused-ring (bicyclic) bond motifs is 1. The van der Waals surface area contributed by atoms with Gasteiger partial charge in [-0.25, -0.2) is 4.79 Å². The van der Waals surface area contributed by atoms with Gasteiger partial charge in [0, 0.05) is 22.9 Å². The highest BCUT2D eigenvalue weighted by molar-refractivity contribution is 7.99. The fourth-order valence-electron chi connectivity index (χ4n) is 3.32. The van der Waals surface area contributed by atoms with E-state index in [0.717, 1.165) is 16.6 Å². The third kappa shape index (κ3) is 3.25. The van der Waals surface area contributed by atoms with Crippen LogP contribution in [-0.2, 0) is 15.1 Å². The molecule has 7 heteroatoms. The van der Waals surface area contributed by atoms with Gasteiger partial charge in [-0.2, -0.15) is 5.26 Å². The van der Waals surface area contributed by atoms with Crippen molar-refractivity contribution in [3.63, 3.8) is 0 Å². The monoisotopic (exact) mass is 399 g/mol. The van der Waals surface area contributed by atoms with Crippen molar-refractivity contribution in [2.75, 3.05) is 18.1 Å². The van der Waals surface area contributed by atoms with E-state index in [-0.39, 0.29) is 6.42 Å². The van der Waals surface area contributed by atoms with Crippen molar-refractivity contribution in [2.24, 2.45) is 0 Å². The minimum atomic E-state index is -1.31. The topological polar surface area (TPSA) is 67.0 Å². The molecule has 27 heavy (non-hydrogen) atoms. The van der Waals surface area contributed by atoms with Crippen molar-refractivity contribution in [3.05, 3.63) is 65.3 Å². The molecule has 0 spiro atoms. The Bertz CT molecular complexity index is 1010. The van der Waals surface area contributed by atoms with E-state index in [0.29, 0.717) is 10.6 Å². The Kier molecular flexibility index (Phi) is 5.64. The summed E-state index contributed by atoms with van der Waals surface area (Å²) < 4.78 is 10.2. The van der Waals surface area contributed by atoms with Crippen LogP contribution in [0.3, 0.4) is 0 Å². The lowest BCUT2D eigenvalue weighted by Crippen LogP contribution is -2.43. The Labute approximate surface area is 167 Å². The van der Waals surface area contributed by atoms with Crippen molar-refractivity contribution >= 4 is 46.1 Å². The van der Waals surface area contributed by atoms with E-state index in [9.17, 15) is 10.1 Å². The van der Waals surface area contributed by atoms with E-state index in [1.165, 1.54) is 19.1 Å². The molecule has 1 atom stereocenters. The Balaban J connectivity index is 2.33. The van der Waals surface area contributed by atoms with Gasteiger partial charge in [-0.1, -0.05) is 41.7 Å². The van der Waals surface area contributed by atoms with Gasteiger partial charge in [0.2, 0.25) is 0 Å². The molecule has 3 rings (SSSR count). The molecule has 0 saturated heterocycles. The maximum absolute atomic E-state index is 13.0. The van der Waals surface area contributed by atoms with E-state index in [4.69, 9.17) is 16.3 Å². The second-order valence-corrected chi connectivity index (χ2v) is 6.97. The number of hydrogen-bond acceptors (Lipinski definition) is 5. The van der Waals surface area contributed by atoms with E-state index in [2.05, 4.69) is 10.8 Å². The van der Waals surface area contributed by atoms with Gasteiger partial charge in [0.05, 0.1) is 30.8 Å². The van der Waals surface area contributed by atoms with Crippen molar-refractivity contribution in [1.82, 2.24) is 4.57 Å². The molecule has 0 bridgehead atoms. The highest BCUT2D eigenvalue weighted by Crippen LogP contribution is 2.37.